The van der Waals surface area contributed by atoms with Gasteiger partial charge in [-0.1, -0.05) is 24.6 Å². The van der Waals surface area contributed by atoms with Gasteiger partial charge in [0.05, 0.1) is 17.0 Å². The average Bonchev–Trinajstić information content (AvgIpc) is 2.80. The van der Waals surface area contributed by atoms with Crippen molar-refractivity contribution in [2.75, 3.05) is 11.5 Å². The Morgan fingerprint density at radius 2 is 2.05 bits per heavy atom. The summed E-state index contributed by atoms with van der Waals surface area (Å²) >= 11 is 0. The molecule has 7 heteroatoms. The minimum atomic E-state index is -3.26. The van der Waals surface area contributed by atoms with Crippen molar-refractivity contribution in [3.8, 4) is 11.1 Å². The van der Waals surface area contributed by atoms with Crippen LogP contribution in [-0.2, 0) is 9.84 Å². The molecule has 2 aromatic rings. The lowest BCUT2D eigenvalue weighted by molar-refractivity contribution is 0.542. The second-order valence-electron chi connectivity index (χ2n) is 5.23. The predicted octanol–water partition coefficient (Wildman–Crippen LogP) is 2.44. The maximum absolute atomic E-state index is 14.0. The van der Waals surface area contributed by atoms with Crippen LogP contribution in [0.1, 0.15) is 30.2 Å². The van der Waals surface area contributed by atoms with Gasteiger partial charge < -0.3 is 5.73 Å². The fourth-order valence-electron chi connectivity index (χ4n) is 2.83. The molecular weight excluding hydrogens is 293 g/mol. The SMILES string of the molecule is Nc1n[nH]c(C2CCCCS2(=O)=O)c1-c1ccccc1F. The lowest BCUT2D eigenvalue weighted by Gasteiger charge is -2.22. The van der Waals surface area contributed by atoms with Gasteiger partial charge in [-0.2, -0.15) is 5.10 Å². The summed E-state index contributed by atoms with van der Waals surface area (Å²) in [5.41, 5.74) is 6.88. The van der Waals surface area contributed by atoms with Crippen LogP contribution >= 0.6 is 0 Å². The summed E-state index contributed by atoms with van der Waals surface area (Å²) in [6.45, 7) is 0. The predicted molar refractivity (Wildman–Crippen MR) is 78.8 cm³/mol. The van der Waals surface area contributed by atoms with E-state index >= 15 is 0 Å². The molecule has 3 N–H and O–H groups in total. The van der Waals surface area contributed by atoms with Gasteiger partial charge in [-0.3, -0.25) is 5.10 Å². The molecule has 5 nitrogen and oxygen atoms in total. The second kappa shape index (κ2) is 5.14. The largest absolute Gasteiger partial charge is 0.382 e. The van der Waals surface area contributed by atoms with E-state index in [2.05, 4.69) is 10.2 Å². The number of anilines is 1. The molecule has 1 aliphatic rings. The molecule has 1 atom stereocenters. The molecular formula is C14H16FN3O2S. The number of benzene rings is 1. The van der Waals surface area contributed by atoms with E-state index in [1.807, 2.05) is 0 Å². The third kappa shape index (κ3) is 2.42. The number of sulfone groups is 1. The van der Waals surface area contributed by atoms with E-state index in [1.54, 1.807) is 18.2 Å². The third-order valence-corrected chi connectivity index (χ3v) is 6.06. The number of rotatable bonds is 2. The summed E-state index contributed by atoms with van der Waals surface area (Å²) in [5.74, 6) is -0.177. The highest BCUT2D eigenvalue weighted by atomic mass is 32.2. The monoisotopic (exact) mass is 309 g/mol. The maximum atomic E-state index is 14.0. The minimum absolute atomic E-state index is 0.121. The zero-order valence-corrected chi connectivity index (χ0v) is 12.2. The van der Waals surface area contributed by atoms with Crippen molar-refractivity contribution in [3.63, 3.8) is 0 Å². The fourth-order valence-corrected chi connectivity index (χ4v) is 4.78. The fraction of sp³-hybridized carbons (Fsp3) is 0.357. The summed E-state index contributed by atoms with van der Waals surface area (Å²) in [4.78, 5) is 0. The zero-order chi connectivity index (χ0) is 15.0. The van der Waals surface area contributed by atoms with Gasteiger partial charge in [-0.25, -0.2) is 12.8 Å². The van der Waals surface area contributed by atoms with Gasteiger partial charge >= 0.3 is 0 Å². The Labute approximate surface area is 122 Å². The summed E-state index contributed by atoms with van der Waals surface area (Å²) in [7, 11) is -3.26. The molecule has 2 heterocycles. The van der Waals surface area contributed by atoms with Crippen molar-refractivity contribution in [2.24, 2.45) is 0 Å². The van der Waals surface area contributed by atoms with Gasteiger partial charge in [0.15, 0.2) is 15.7 Å². The summed E-state index contributed by atoms with van der Waals surface area (Å²) in [5, 5.41) is 5.91. The average molecular weight is 309 g/mol. The van der Waals surface area contributed by atoms with Crippen molar-refractivity contribution in [1.29, 1.82) is 0 Å². The number of hydrogen-bond acceptors (Lipinski definition) is 4. The molecule has 21 heavy (non-hydrogen) atoms. The Hall–Kier alpha value is -1.89. The van der Waals surface area contributed by atoms with E-state index in [0.717, 1.165) is 6.42 Å². The topological polar surface area (TPSA) is 88.8 Å². The lowest BCUT2D eigenvalue weighted by Crippen LogP contribution is -2.22. The van der Waals surface area contributed by atoms with Gasteiger partial charge in [0, 0.05) is 5.56 Å². The number of aromatic nitrogens is 2. The highest BCUT2D eigenvalue weighted by molar-refractivity contribution is 7.91. The van der Waals surface area contributed by atoms with E-state index in [-0.39, 0.29) is 17.1 Å². The van der Waals surface area contributed by atoms with Crippen LogP contribution in [0, 0.1) is 5.82 Å². The van der Waals surface area contributed by atoms with Crippen LogP contribution in [0.5, 0.6) is 0 Å². The molecule has 0 radical (unpaired) electrons. The van der Waals surface area contributed by atoms with E-state index in [1.165, 1.54) is 6.07 Å². The van der Waals surface area contributed by atoms with E-state index < -0.39 is 20.9 Å². The van der Waals surface area contributed by atoms with Crippen LogP contribution in [0.3, 0.4) is 0 Å². The molecule has 0 saturated carbocycles. The van der Waals surface area contributed by atoms with Gasteiger partial charge in [-0.15, -0.1) is 0 Å². The van der Waals surface area contributed by atoms with E-state index in [9.17, 15) is 12.8 Å². The maximum Gasteiger partial charge on any atom is 0.158 e. The zero-order valence-electron chi connectivity index (χ0n) is 11.3. The van der Waals surface area contributed by atoms with Crippen LogP contribution < -0.4 is 5.73 Å². The first-order chi connectivity index (χ1) is 10.0. The molecule has 0 spiro atoms. The van der Waals surface area contributed by atoms with Crippen LogP contribution in [0.4, 0.5) is 10.2 Å². The molecule has 0 amide bonds. The molecule has 1 unspecified atom stereocenters. The number of nitrogens with zero attached hydrogens (tertiary/aromatic N) is 1. The van der Waals surface area contributed by atoms with Crippen LogP contribution in [-0.4, -0.2) is 24.4 Å². The van der Waals surface area contributed by atoms with E-state index in [4.69, 9.17) is 5.73 Å². The number of nitrogen functional groups attached to an aromatic ring is 1. The highest BCUT2D eigenvalue weighted by Gasteiger charge is 2.34. The summed E-state index contributed by atoms with van der Waals surface area (Å²) < 4.78 is 38.6. The number of H-pyrrole nitrogens is 1. The first-order valence-corrected chi connectivity index (χ1v) is 8.52. The summed E-state index contributed by atoms with van der Waals surface area (Å²) in [6, 6.07) is 6.16. The highest BCUT2D eigenvalue weighted by Crippen LogP contribution is 2.40. The molecule has 1 saturated heterocycles. The van der Waals surface area contributed by atoms with Gasteiger partial charge in [0.25, 0.3) is 0 Å². The Bertz CT molecular complexity index is 770. The van der Waals surface area contributed by atoms with Crippen LogP contribution in [0.15, 0.2) is 24.3 Å². The standard InChI is InChI=1S/C14H16FN3O2S/c15-10-6-2-1-5-9(10)12-13(17-18-14(12)16)11-7-3-4-8-21(11,19)20/h1-2,5-6,11H,3-4,7-8H2,(H3,16,17,18). The molecule has 1 aliphatic heterocycles. The normalized spacial score (nSPS) is 21.3. The van der Waals surface area contributed by atoms with Gasteiger partial charge in [0.1, 0.15) is 11.1 Å². The van der Waals surface area contributed by atoms with Crippen LogP contribution in [0.25, 0.3) is 11.1 Å². The van der Waals surface area contributed by atoms with Gasteiger partial charge in [0.2, 0.25) is 0 Å². The number of nitrogens with one attached hydrogen (secondary N) is 1. The van der Waals surface area contributed by atoms with Crippen molar-refractivity contribution in [1.82, 2.24) is 10.2 Å². The number of aromatic amines is 1. The van der Waals surface area contributed by atoms with Crippen molar-refractivity contribution in [3.05, 3.63) is 35.8 Å². The number of hydrogen-bond donors (Lipinski definition) is 2. The minimum Gasteiger partial charge on any atom is -0.382 e. The second-order valence-corrected chi connectivity index (χ2v) is 7.53. The molecule has 1 aromatic carbocycles. The van der Waals surface area contributed by atoms with Crippen molar-refractivity contribution < 1.29 is 12.8 Å². The Balaban J connectivity index is 2.16. The van der Waals surface area contributed by atoms with Crippen molar-refractivity contribution >= 4 is 15.7 Å². The number of nitrogens with two attached hydrogens (primary N) is 1. The Morgan fingerprint density at radius 3 is 2.76 bits per heavy atom. The van der Waals surface area contributed by atoms with Crippen LogP contribution in [0.2, 0.25) is 0 Å². The number of halogens is 1. The summed E-state index contributed by atoms with van der Waals surface area (Å²) in [6.07, 6.45) is 1.99. The lowest BCUT2D eigenvalue weighted by atomic mass is 10.0. The Morgan fingerprint density at radius 1 is 1.29 bits per heavy atom. The molecule has 0 aliphatic carbocycles. The molecule has 0 bridgehead atoms. The third-order valence-electron chi connectivity index (χ3n) is 3.87. The molecule has 3 rings (SSSR count). The first-order valence-electron chi connectivity index (χ1n) is 6.81. The van der Waals surface area contributed by atoms with E-state index in [0.29, 0.717) is 24.1 Å². The Kier molecular flexibility index (Phi) is 3.44. The molecule has 1 aromatic heterocycles. The van der Waals surface area contributed by atoms with Gasteiger partial charge in [-0.05, 0) is 18.9 Å². The quantitative estimate of drug-likeness (QED) is 0.891. The molecule has 112 valence electrons. The first kappa shape index (κ1) is 14.1. The molecule has 1 fully saturated rings. The smallest absolute Gasteiger partial charge is 0.158 e. The van der Waals surface area contributed by atoms with Crippen molar-refractivity contribution in [2.45, 2.75) is 24.5 Å².